The highest BCUT2D eigenvalue weighted by Gasteiger charge is 2.19. The van der Waals surface area contributed by atoms with Crippen LogP contribution in [0.3, 0.4) is 0 Å². The molecule has 4 nitrogen and oxygen atoms in total. The van der Waals surface area contributed by atoms with E-state index in [0.717, 1.165) is 11.4 Å². The van der Waals surface area contributed by atoms with E-state index < -0.39 is 0 Å². The number of nitrogens with zero attached hydrogens (tertiary/aromatic N) is 1. The Balaban J connectivity index is 1.83. The first-order valence-electron chi connectivity index (χ1n) is 6.38. The summed E-state index contributed by atoms with van der Waals surface area (Å²) in [6.07, 6.45) is 2.03. The number of benzene rings is 2. The predicted molar refractivity (Wildman–Crippen MR) is 76.8 cm³/mol. The van der Waals surface area contributed by atoms with Gasteiger partial charge in [0.1, 0.15) is 11.5 Å². The minimum Gasteiger partial charge on any atom is -0.460 e. The van der Waals surface area contributed by atoms with E-state index in [1.807, 2.05) is 60.7 Å². The average Bonchev–Trinajstić information content (AvgIpc) is 2.49. The van der Waals surface area contributed by atoms with Gasteiger partial charge in [0.15, 0.2) is 0 Å². The summed E-state index contributed by atoms with van der Waals surface area (Å²) in [6.45, 7) is 0. The van der Waals surface area contributed by atoms with Crippen LogP contribution < -0.4 is 15.2 Å². The highest BCUT2D eigenvalue weighted by molar-refractivity contribution is 5.82. The van der Waals surface area contributed by atoms with Gasteiger partial charge in [0.2, 0.25) is 5.91 Å². The number of hydrogen-bond donors (Lipinski definition) is 1. The molecule has 0 unspecified atom stereocenters. The second-order valence-electron chi connectivity index (χ2n) is 4.43. The number of carbonyl (C=O) groups is 1. The average molecular weight is 266 g/mol. The maximum absolute atomic E-state index is 11.8. The van der Waals surface area contributed by atoms with E-state index >= 15 is 0 Å². The Morgan fingerprint density at radius 1 is 0.950 bits per heavy atom. The Hall–Kier alpha value is -2.75. The first-order valence-corrected chi connectivity index (χ1v) is 6.38. The van der Waals surface area contributed by atoms with Crippen molar-refractivity contribution in [2.45, 2.75) is 6.42 Å². The Morgan fingerprint density at radius 3 is 2.30 bits per heavy atom. The van der Waals surface area contributed by atoms with Crippen LogP contribution >= 0.6 is 0 Å². The van der Waals surface area contributed by atoms with E-state index in [9.17, 15) is 4.79 Å². The lowest BCUT2D eigenvalue weighted by atomic mass is 10.2. The number of carbonyl (C=O) groups excluding carboxylic acids is 1. The summed E-state index contributed by atoms with van der Waals surface area (Å²) >= 11 is 0. The smallest absolute Gasteiger partial charge is 0.246 e. The summed E-state index contributed by atoms with van der Waals surface area (Å²) in [7, 11) is 0. The number of hydrogen-bond acceptors (Lipinski definition) is 3. The van der Waals surface area contributed by atoms with Gasteiger partial charge < -0.3 is 4.74 Å². The third-order valence-corrected chi connectivity index (χ3v) is 2.88. The number of ether oxygens (including phenoxy) is 1. The zero-order valence-electron chi connectivity index (χ0n) is 10.8. The SMILES string of the molecule is O=C1CC(Oc2ccccc2)=CN(c2ccccc2)N1. The van der Waals surface area contributed by atoms with Gasteiger partial charge in [0.25, 0.3) is 0 Å². The fourth-order valence-electron chi connectivity index (χ4n) is 1.98. The molecule has 1 N–H and O–H groups in total. The van der Waals surface area contributed by atoms with Crippen molar-refractivity contribution in [3.63, 3.8) is 0 Å². The van der Waals surface area contributed by atoms with E-state index in [0.29, 0.717) is 5.76 Å². The maximum Gasteiger partial charge on any atom is 0.246 e. The van der Waals surface area contributed by atoms with Crippen LogP contribution in [0.1, 0.15) is 6.42 Å². The molecule has 0 aromatic heterocycles. The number of anilines is 1. The van der Waals surface area contributed by atoms with Crippen LogP contribution in [0, 0.1) is 0 Å². The molecule has 2 aromatic rings. The molecular formula is C16H14N2O2. The molecule has 4 heteroatoms. The topological polar surface area (TPSA) is 41.6 Å². The van der Waals surface area contributed by atoms with E-state index in [2.05, 4.69) is 5.43 Å². The molecule has 0 saturated carbocycles. The van der Waals surface area contributed by atoms with Gasteiger partial charge in [-0.3, -0.25) is 15.2 Å². The zero-order valence-corrected chi connectivity index (χ0v) is 10.8. The number of nitrogens with one attached hydrogen (secondary N) is 1. The molecule has 2 aromatic carbocycles. The molecule has 0 aliphatic carbocycles. The molecular weight excluding hydrogens is 252 g/mol. The molecule has 100 valence electrons. The van der Waals surface area contributed by atoms with Crippen molar-refractivity contribution in [1.29, 1.82) is 0 Å². The third-order valence-electron chi connectivity index (χ3n) is 2.88. The maximum atomic E-state index is 11.8. The third kappa shape index (κ3) is 2.80. The Labute approximate surface area is 117 Å². The fourth-order valence-corrected chi connectivity index (χ4v) is 1.98. The second kappa shape index (κ2) is 5.48. The van der Waals surface area contributed by atoms with Crippen LogP contribution in [0.5, 0.6) is 5.75 Å². The van der Waals surface area contributed by atoms with E-state index in [4.69, 9.17) is 4.74 Å². The van der Waals surface area contributed by atoms with E-state index in [1.165, 1.54) is 0 Å². The van der Waals surface area contributed by atoms with E-state index in [-0.39, 0.29) is 12.3 Å². The van der Waals surface area contributed by atoms with Gasteiger partial charge in [-0.1, -0.05) is 36.4 Å². The minimum atomic E-state index is -0.0951. The van der Waals surface area contributed by atoms with Crippen molar-refractivity contribution < 1.29 is 9.53 Å². The monoisotopic (exact) mass is 266 g/mol. The standard InChI is InChI=1S/C16H14N2O2/c19-16-11-15(20-14-9-5-2-6-10-14)12-18(17-16)13-7-3-1-4-8-13/h1-10,12H,11H2,(H,17,19). The lowest BCUT2D eigenvalue weighted by molar-refractivity contribution is -0.121. The number of amides is 1. The highest BCUT2D eigenvalue weighted by atomic mass is 16.5. The molecule has 20 heavy (non-hydrogen) atoms. The second-order valence-corrected chi connectivity index (χ2v) is 4.43. The van der Waals surface area contributed by atoms with Crippen LogP contribution in [0.25, 0.3) is 0 Å². The van der Waals surface area contributed by atoms with Gasteiger partial charge in [-0.2, -0.15) is 0 Å². The molecule has 1 heterocycles. The molecule has 1 aliphatic rings. The van der Waals surface area contributed by atoms with Gasteiger partial charge in [0.05, 0.1) is 18.3 Å². The van der Waals surface area contributed by atoms with Crippen molar-refractivity contribution in [2.75, 3.05) is 5.01 Å². The van der Waals surface area contributed by atoms with Crippen molar-refractivity contribution in [3.05, 3.63) is 72.6 Å². The minimum absolute atomic E-state index is 0.0951. The molecule has 0 bridgehead atoms. The summed E-state index contributed by atoms with van der Waals surface area (Å²) in [5.41, 5.74) is 3.67. The van der Waals surface area contributed by atoms with Crippen LogP contribution in [0.15, 0.2) is 72.6 Å². The van der Waals surface area contributed by atoms with Crippen molar-refractivity contribution in [3.8, 4) is 5.75 Å². The lowest BCUT2D eigenvalue weighted by Gasteiger charge is -2.27. The molecule has 0 spiro atoms. The van der Waals surface area contributed by atoms with Gasteiger partial charge in [0, 0.05) is 0 Å². The molecule has 0 fully saturated rings. The molecule has 0 radical (unpaired) electrons. The fraction of sp³-hybridized carbons (Fsp3) is 0.0625. The Morgan fingerprint density at radius 2 is 1.60 bits per heavy atom. The summed E-state index contributed by atoms with van der Waals surface area (Å²) < 4.78 is 5.74. The van der Waals surface area contributed by atoms with Crippen LogP contribution in [-0.4, -0.2) is 5.91 Å². The molecule has 1 aliphatic heterocycles. The van der Waals surface area contributed by atoms with Crippen molar-refractivity contribution in [2.24, 2.45) is 0 Å². The quantitative estimate of drug-likeness (QED) is 0.928. The summed E-state index contributed by atoms with van der Waals surface area (Å²) in [4.78, 5) is 11.8. The van der Waals surface area contributed by atoms with Crippen LogP contribution in [0.2, 0.25) is 0 Å². The van der Waals surface area contributed by atoms with E-state index in [1.54, 1.807) is 11.2 Å². The van der Waals surface area contributed by atoms with Crippen molar-refractivity contribution in [1.82, 2.24) is 5.43 Å². The zero-order chi connectivity index (χ0) is 13.8. The number of rotatable bonds is 3. The number of hydrazine groups is 1. The Kier molecular flexibility index (Phi) is 3.37. The number of para-hydroxylation sites is 2. The predicted octanol–water partition coefficient (Wildman–Crippen LogP) is 2.85. The van der Waals surface area contributed by atoms with Crippen LogP contribution in [-0.2, 0) is 4.79 Å². The lowest BCUT2D eigenvalue weighted by Crippen LogP contribution is -2.42. The van der Waals surface area contributed by atoms with Gasteiger partial charge >= 0.3 is 0 Å². The van der Waals surface area contributed by atoms with Crippen LogP contribution in [0.4, 0.5) is 5.69 Å². The molecule has 1 amide bonds. The largest absolute Gasteiger partial charge is 0.460 e. The molecule has 3 rings (SSSR count). The summed E-state index contributed by atoms with van der Waals surface area (Å²) in [5.74, 6) is 1.24. The highest BCUT2D eigenvalue weighted by Crippen LogP contribution is 2.20. The summed E-state index contributed by atoms with van der Waals surface area (Å²) in [5, 5.41) is 1.67. The van der Waals surface area contributed by atoms with Gasteiger partial charge in [-0.25, -0.2) is 0 Å². The van der Waals surface area contributed by atoms with Gasteiger partial charge in [-0.05, 0) is 24.3 Å². The van der Waals surface area contributed by atoms with Crippen molar-refractivity contribution >= 4 is 11.6 Å². The molecule has 0 atom stereocenters. The first kappa shape index (κ1) is 12.3. The molecule has 0 saturated heterocycles. The summed E-state index contributed by atoms with van der Waals surface area (Å²) in [6, 6.07) is 19.0. The van der Waals surface area contributed by atoms with Gasteiger partial charge in [-0.15, -0.1) is 0 Å². The first-order chi connectivity index (χ1) is 9.81. The Bertz CT molecular complexity index is 623. The normalized spacial score (nSPS) is 14.5.